The molecular formula is C10H18N2O2S. The standard InChI is InChI=1S/C10H18N2O2S/c1-3-9-6-5-7-12(9)15(13,14)10(4-2)8-11/h9-10H,3-7H2,1-2H3. The van der Waals surface area contributed by atoms with E-state index in [0.29, 0.717) is 13.0 Å². The van der Waals surface area contributed by atoms with Gasteiger partial charge in [0.25, 0.3) is 0 Å². The van der Waals surface area contributed by atoms with Gasteiger partial charge in [-0.05, 0) is 25.7 Å². The summed E-state index contributed by atoms with van der Waals surface area (Å²) in [5, 5.41) is 7.95. The molecule has 0 N–H and O–H groups in total. The van der Waals surface area contributed by atoms with Crippen molar-refractivity contribution in [1.29, 1.82) is 5.26 Å². The summed E-state index contributed by atoms with van der Waals surface area (Å²) >= 11 is 0. The normalized spacial score (nSPS) is 25.0. The number of nitriles is 1. The van der Waals surface area contributed by atoms with Crippen LogP contribution in [-0.2, 0) is 10.0 Å². The van der Waals surface area contributed by atoms with Crippen molar-refractivity contribution in [1.82, 2.24) is 4.31 Å². The third-order valence-corrected chi connectivity index (χ3v) is 5.29. The largest absolute Gasteiger partial charge is 0.230 e. The molecule has 0 aromatic heterocycles. The van der Waals surface area contributed by atoms with Crippen LogP contribution in [0.1, 0.15) is 39.5 Å². The first-order valence-electron chi connectivity index (χ1n) is 5.48. The monoisotopic (exact) mass is 230 g/mol. The predicted molar refractivity (Wildman–Crippen MR) is 58.6 cm³/mol. The number of rotatable bonds is 4. The summed E-state index contributed by atoms with van der Waals surface area (Å²) < 4.78 is 25.7. The van der Waals surface area contributed by atoms with Gasteiger partial charge in [0, 0.05) is 12.6 Å². The highest BCUT2D eigenvalue weighted by Gasteiger charge is 2.37. The number of nitrogens with zero attached hydrogens (tertiary/aromatic N) is 2. The molecule has 1 aliphatic heterocycles. The van der Waals surface area contributed by atoms with Gasteiger partial charge in [-0.15, -0.1) is 0 Å². The quantitative estimate of drug-likeness (QED) is 0.735. The Morgan fingerprint density at radius 3 is 2.67 bits per heavy atom. The van der Waals surface area contributed by atoms with Crippen LogP contribution >= 0.6 is 0 Å². The molecular weight excluding hydrogens is 212 g/mol. The Hall–Kier alpha value is -0.600. The maximum absolute atomic E-state index is 12.1. The van der Waals surface area contributed by atoms with Gasteiger partial charge in [-0.2, -0.15) is 9.57 Å². The number of hydrogen-bond donors (Lipinski definition) is 0. The van der Waals surface area contributed by atoms with Gasteiger partial charge in [-0.3, -0.25) is 0 Å². The van der Waals surface area contributed by atoms with Crippen LogP contribution in [0.5, 0.6) is 0 Å². The first-order valence-corrected chi connectivity index (χ1v) is 6.98. The summed E-state index contributed by atoms with van der Waals surface area (Å²) in [5.41, 5.74) is 0. The summed E-state index contributed by atoms with van der Waals surface area (Å²) in [6, 6.07) is 1.99. The van der Waals surface area contributed by atoms with Gasteiger partial charge in [-0.1, -0.05) is 13.8 Å². The zero-order chi connectivity index (χ0) is 11.5. The second-order valence-electron chi connectivity index (χ2n) is 3.89. The van der Waals surface area contributed by atoms with E-state index in [-0.39, 0.29) is 6.04 Å². The van der Waals surface area contributed by atoms with Crippen molar-refractivity contribution in [3.63, 3.8) is 0 Å². The fourth-order valence-electron chi connectivity index (χ4n) is 2.08. The van der Waals surface area contributed by atoms with Crippen LogP contribution < -0.4 is 0 Å². The highest BCUT2D eigenvalue weighted by molar-refractivity contribution is 7.90. The average Bonchev–Trinajstić information content (AvgIpc) is 2.67. The van der Waals surface area contributed by atoms with Gasteiger partial charge in [-0.25, -0.2) is 8.42 Å². The van der Waals surface area contributed by atoms with E-state index in [4.69, 9.17) is 5.26 Å². The summed E-state index contributed by atoms with van der Waals surface area (Å²) in [6.45, 7) is 4.31. The number of sulfonamides is 1. The Kier molecular flexibility index (Phi) is 4.12. The van der Waals surface area contributed by atoms with Crippen LogP contribution in [0.25, 0.3) is 0 Å². The molecule has 0 bridgehead atoms. The van der Waals surface area contributed by atoms with Crippen LogP contribution in [0, 0.1) is 11.3 Å². The minimum atomic E-state index is -3.39. The topological polar surface area (TPSA) is 61.2 Å². The van der Waals surface area contributed by atoms with Gasteiger partial charge < -0.3 is 0 Å². The second kappa shape index (κ2) is 4.95. The molecule has 0 radical (unpaired) electrons. The Labute approximate surface area is 91.9 Å². The summed E-state index contributed by atoms with van der Waals surface area (Å²) in [4.78, 5) is 0. The van der Waals surface area contributed by atoms with Crippen molar-refractivity contribution < 1.29 is 8.42 Å². The van der Waals surface area contributed by atoms with Crippen LogP contribution in [0.3, 0.4) is 0 Å². The summed E-state index contributed by atoms with van der Waals surface area (Å²) in [6.07, 6.45) is 3.05. The summed E-state index contributed by atoms with van der Waals surface area (Å²) in [5.74, 6) is 0. The van der Waals surface area contributed by atoms with Gasteiger partial charge in [0.15, 0.2) is 5.25 Å². The molecule has 0 aromatic carbocycles. The lowest BCUT2D eigenvalue weighted by Crippen LogP contribution is -2.40. The molecule has 1 fully saturated rings. The minimum Gasteiger partial charge on any atom is -0.211 e. The lowest BCUT2D eigenvalue weighted by molar-refractivity contribution is 0.376. The Balaban J connectivity index is 2.91. The number of hydrogen-bond acceptors (Lipinski definition) is 3. The van der Waals surface area contributed by atoms with E-state index in [1.165, 1.54) is 4.31 Å². The van der Waals surface area contributed by atoms with Crippen molar-refractivity contribution in [3.8, 4) is 6.07 Å². The van der Waals surface area contributed by atoms with Crippen LogP contribution in [0.15, 0.2) is 0 Å². The maximum atomic E-state index is 12.1. The fourth-order valence-corrected chi connectivity index (χ4v) is 4.02. The molecule has 0 saturated carbocycles. The molecule has 0 aromatic rings. The summed E-state index contributed by atoms with van der Waals surface area (Å²) in [7, 11) is -3.39. The Morgan fingerprint density at radius 1 is 1.53 bits per heavy atom. The minimum absolute atomic E-state index is 0.109. The van der Waals surface area contributed by atoms with Crippen LogP contribution in [-0.4, -0.2) is 30.6 Å². The molecule has 1 saturated heterocycles. The van der Waals surface area contributed by atoms with Gasteiger partial charge >= 0.3 is 0 Å². The molecule has 1 rings (SSSR count). The highest BCUT2D eigenvalue weighted by Crippen LogP contribution is 2.26. The van der Waals surface area contributed by atoms with E-state index in [2.05, 4.69) is 0 Å². The third-order valence-electron chi connectivity index (χ3n) is 3.00. The smallest absolute Gasteiger partial charge is 0.211 e. The maximum Gasteiger partial charge on any atom is 0.230 e. The van der Waals surface area contributed by atoms with Crippen molar-refractivity contribution in [3.05, 3.63) is 0 Å². The van der Waals surface area contributed by atoms with Crippen LogP contribution in [0.4, 0.5) is 0 Å². The molecule has 1 aliphatic rings. The molecule has 5 heteroatoms. The van der Waals surface area contributed by atoms with E-state index >= 15 is 0 Å². The first kappa shape index (κ1) is 12.5. The van der Waals surface area contributed by atoms with E-state index in [1.807, 2.05) is 13.0 Å². The molecule has 0 aliphatic carbocycles. The lowest BCUT2D eigenvalue weighted by atomic mass is 10.2. The van der Waals surface area contributed by atoms with Crippen molar-refractivity contribution in [2.45, 2.75) is 50.8 Å². The molecule has 0 spiro atoms. The van der Waals surface area contributed by atoms with E-state index in [1.54, 1.807) is 6.92 Å². The van der Waals surface area contributed by atoms with E-state index in [9.17, 15) is 8.42 Å². The van der Waals surface area contributed by atoms with Crippen molar-refractivity contribution in [2.24, 2.45) is 0 Å². The zero-order valence-corrected chi connectivity index (χ0v) is 10.1. The average molecular weight is 230 g/mol. The highest BCUT2D eigenvalue weighted by atomic mass is 32.2. The van der Waals surface area contributed by atoms with Crippen LogP contribution in [0.2, 0.25) is 0 Å². The van der Waals surface area contributed by atoms with E-state index < -0.39 is 15.3 Å². The molecule has 86 valence electrons. The Morgan fingerprint density at radius 2 is 2.20 bits per heavy atom. The molecule has 1 heterocycles. The predicted octanol–water partition coefficient (Wildman–Crippen LogP) is 1.49. The van der Waals surface area contributed by atoms with Crippen molar-refractivity contribution >= 4 is 10.0 Å². The van der Waals surface area contributed by atoms with Gasteiger partial charge in [0.2, 0.25) is 10.0 Å². The molecule has 4 nitrogen and oxygen atoms in total. The first-order chi connectivity index (χ1) is 7.07. The Bertz CT molecular complexity index is 345. The molecule has 2 atom stereocenters. The second-order valence-corrected chi connectivity index (χ2v) is 5.95. The zero-order valence-electron chi connectivity index (χ0n) is 9.31. The lowest BCUT2D eigenvalue weighted by Gasteiger charge is -2.24. The molecule has 15 heavy (non-hydrogen) atoms. The van der Waals surface area contributed by atoms with E-state index in [0.717, 1.165) is 19.3 Å². The SMILES string of the molecule is CCC1CCCN1S(=O)(=O)C(C#N)CC. The third kappa shape index (κ3) is 2.32. The fraction of sp³-hybridized carbons (Fsp3) is 0.900. The van der Waals surface area contributed by atoms with Gasteiger partial charge in [0.1, 0.15) is 0 Å². The molecule has 0 amide bonds. The molecule has 2 unspecified atom stereocenters. The van der Waals surface area contributed by atoms with Crippen molar-refractivity contribution in [2.75, 3.05) is 6.54 Å². The van der Waals surface area contributed by atoms with Gasteiger partial charge in [0.05, 0.1) is 6.07 Å².